The first-order valence-corrected chi connectivity index (χ1v) is 5.46. The summed E-state index contributed by atoms with van der Waals surface area (Å²) in [5, 5.41) is 1.03. The molecule has 0 spiro atoms. The molecule has 0 fully saturated rings. The summed E-state index contributed by atoms with van der Waals surface area (Å²) in [6.07, 6.45) is 0.944. The summed E-state index contributed by atoms with van der Waals surface area (Å²) in [5.41, 5.74) is 7.69. The van der Waals surface area contributed by atoms with E-state index in [0.717, 1.165) is 23.1 Å². The van der Waals surface area contributed by atoms with Crippen LogP contribution >= 0.6 is 0 Å². The van der Waals surface area contributed by atoms with Gasteiger partial charge in [-0.15, -0.1) is 0 Å². The van der Waals surface area contributed by atoms with E-state index in [2.05, 4.69) is 42.9 Å². The van der Waals surface area contributed by atoms with E-state index in [0.29, 0.717) is 5.82 Å². The lowest BCUT2D eigenvalue weighted by molar-refractivity contribution is 0.407. The summed E-state index contributed by atoms with van der Waals surface area (Å²) in [4.78, 5) is 8.76. The standard InChI is InChI=1S/C13H17N3/c1-13(2,3)8-10-6-4-9-5-7-11(14)16-12(9)15-10/h4-7H,8H2,1-3H3,(H2,14,15,16). The fourth-order valence-electron chi connectivity index (χ4n) is 1.69. The molecule has 3 heteroatoms. The highest BCUT2D eigenvalue weighted by molar-refractivity contribution is 5.76. The van der Waals surface area contributed by atoms with Gasteiger partial charge < -0.3 is 5.73 Å². The lowest BCUT2D eigenvalue weighted by atomic mass is 9.90. The number of hydrogen-bond donors (Lipinski definition) is 1. The van der Waals surface area contributed by atoms with Crippen LogP contribution in [0.4, 0.5) is 5.82 Å². The van der Waals surface area contributed by atoms with Gasteiger partial charge in [0.25, 0.3) is 0 Å². The van der Waals surface area contributed by atoms with Crippen molar-refractivity contribution in [2.45, 2.75) is 27.2 Å². The van der Waals surface area contributed by atoms with E-state index in [-0.39, 0.29) is 5.41 Å². The summed E-state index contributed by atoms with van der Waals surface area (Å²) < 4.78 is 0. The van der Waals surface area contributed by atoms with Crippen LogP contribution in [0.1, 0.15) is 26.5 Å². The second-order valence-corrected chi connectivity index (χ2v) is 5.32. The Bertz CT molecular complexity index is 512. The maximum absolute atomic E-state index is 5.65. The molecular formula is C13H17N3. The first kappa shape index (κ1) is 10.9. The summed E-state index contributed by atoms with van der Waals surface area (Å²) >= 11 is 0. The molecule has 84 valence electrons. The van der Waals surface area contributed by atoms with E-state index >= 15 is 0 Å². The van der Waals surface area contributed by atoms with Gasteiger partial charge >= 0.3 is 0 Å². The zero-order chi connectivity index (χ0) is 11.8. The molecule has 0 amide bonds. The topological polar surface area (TPSA) is 51.8 Å². The molecule has 2 heterocycles. The minimum Gasteiger partial charge on any atom is -0.384 e. The van der Waals surface area contributed by atoms with E-state index in [1.165, 1.54) is 0 Å². The predicted octanol–water partition coefficient (Wildman–Crippen LogP) is 2.80. The largest absolute Gasteiger partial charge is 0.384 e. The van der Waals surface area contributed by atoms with E-state index in [4.69, 9.17) is 5.73 Å². The molecule has 0 atom stereocenters. The number of anilines is 1. The number of nitrogens with two attached hydrogens (primary N) is 1. The molecular weight excluding hydrogens is 198 g/mol. The molecule has 0 bridgehead atoms. The molecule has 0 unspecified atom stereocenters. The van der Waals surface area contributed by atoms with Gasteiger partial charge in [-0.2, -0.15) is 0 Å². The normalized spacial score (nSPS) is 11.9. The molecule has 0 aliphatic heterocycles. The summed E-state index contributed by atoms with van der Waals surface area (Å²) in [6, 6.07) is 7.86. The smallest absolute Gasteiger partial charge is 0.161 e. The van der Waals surface area contributed by atoms with E-state index < -0.39 is 0 Å². The van der Waals surface area contributed by atoms with Gasteiger partial charge in [-0.3, -0.25) is 0 Å². The number of pyridine rings is 2. The van der Waals surface area contributed by atoms with Gasteiger partial charge in [0.15, 0.2) is 5.65 Å². The van der Waals surface area contributed by atoms with Crippen molar-refractivity contribution in [1.82, 2.24) is 9.97 Å². The molecule has 0 aromatic carbocycles. The van der Waals surface area contributed by atoms with Crippen LogP contribution < -0.4 is 5.73 Å². The molecule has 0 aliphatic carbocycles. The quantitative estimate of drug-likeness (QED) is 0.795. The van der Waals surface area contributed by atoms with Gasteiger partial charge in [0.05, 0.1) is 0 Å². The molecule has 0 saturated carbocycles. The number of aromatic nitrogens is 2. The molecule has 0 radical (unpaired) electrons. The zero-order valence-corrected chi connectivity index (χ0v) is 9.99. The van der Waals surface area contributed by atoms with Gasteiger partial charge in [-0.05, 0) is 36.1 Å². The minimum atomic E-state index is 0.237. The Morgan fingerprint density at radius 1 is 1.06 bits per heavy atom. The van der Waals surface area contributed by atoms with Crippen molar-refractivity contribution >= 4 is 16.9 Å². The van der Waals surface area contributed by atoms with Crippen molar-refractivity contribution in [1.29, 1.82) is 0 Å². The first-order valence-electron chi connectivity index (χ1n) is 5.46. The predicted molar refractivity (Wildman–Crippen MR) is 67.1 cm³/mol. The molecule has 0 aliphatic rings. The first-order chi connectivity index (χ1) is 7.44. The molecule has 2 N–H and O–H groups in total. The van der Waals surface area contributed by atoms with Crippen LogP contribution in [0.15, 0.2) is 24.3 Å². The van der Waals surface area contributed by atoms with Gasteiger partial charge in [0.1, 0.15) is 5.82 Å². The van der Waals surface area contributed by atoms with Crippen LogP contribution in [-0.4, -0.2) is 9.97 Å². The van der Waals surface area contributed by atoms with Crippen LogP contribution in [0.3, 0.4) is 0 Å². The second kappa shape index (κ2) is 3.74. The van der Waals surface area contributed by atoms with Crippen LogP contribution in [0, 0.1) is 5.41 Å². The molecule has 2 aromatic rings. The number of nitrogens with zero attached hydrogens (tertiary/aromatic N) is 2. The summed E-state index contributed by atoms with van der Waals surface area (Å²) in [7, 11) is 0. The number of nitrogen functional groups attached to an aromatic ring is 1. The number of hydrogen-bond acceptors (Lipinski definition) is 3. The number of rotatable bonds is 1. The van der Waals surface area contributed by atoms with Crippen molar-refractivity contribution in [3.63, 3.8) is 0 Å². The molecule has 2 rings (SSSR count). The third-order valence-electron chi connectivity index (χ3n) is 2.34. The molecule has 3 nitrogen and oxygen atoms in total. The van der Waals surface area contributed by atoms with Crippen molar-refractivity contribution in [2.75, 3.05) is 5.73 Å². The van der Waals surface area contributed by atoms with Gasteiger partial charge in [0.2, 0.25) is 0 Å². The van der Waals surface area contributed by atoms with E-state index in [1.54, 1.807) is 6.07 Å². The van der Waals surface area contributed by atoms with Gasteiger partial charge in [-0.25, -0.2) is 9.97 Å². The highest BCUT2D eigenvalue weighted by atomic mass is 14.9. The molecule has 0 saturated heterocycles. The SMILES string of the molecule is CC(C)(C)Cc1ccc2ccc(N)nc2n1. The van der Waals surface area contributed by atoms with Crippen molar-refractivity contribution in [3.8, 4) is 0 Å². The summed E-state index contributed by atoms with van der Waals surface area (Å²) in [5.74, 6) is 0.521. The lowest BCUT2D eigenvalue weighted by Gasteiger charge is -2.17. The van der Waals surface area contributed by atoms with Crippen LogP contribution in [-0.2, 0) is 6.42 Å². The van der Waals surface area contributed by atoms with Crippen molar-refractivity contribution in [3.05, 3.63) is 30.0 Å². The highest BCUT2D eigenvalue weighted by Gasteiger charge is 2.12. The Kier molecular flexibility index (Phi) is 2.54. The van der Waals surface area contributed by atoms with E-state index in [9.17, 15) is 0 Å². The average Bonchev–Trinajstić information content (AvgIpc) is 2.14. The Morgan fingerprint density at radius 3 is 2.44 bits per heavy atom. The van der Waals surface area contributed by atoms with Crippen LogP contribution in [0.25, 0.3) is 11.0 Å². The minimum absolute atomic E-state index is 0.237. The van der Waals surface area contributed by atoms with Crippen LogP contribution in [0.2, 0.25) is 0 Å². The van der Waals surface area contributed by atoms with Crippen LogP contribution in [0.5, 0.6) is 0 Å². The second-order valence-electron chi connectivity index (χ2n) is 5.32. The maximum Gasteiger partial charge on any atom is 0.161 e. The zero-order valence-electron chi connectivity index (χ0n) is 9.99. The van der Waals surface area contributed by atoms with Crippen molar-refractivity contribution in [2.24, 2.45) is 5.41 Å². The molecule has 16 heavy (non-hydrogen) atoms. The van der Waals surface area contributed by atoms with E-state index in [1.807, 2.05) is 6.07 Å². The summed E-state index contributed by atoms with van der Waals surface area (Å²) in [6.45, 7) is 6.60. The third-order valence-corrected chi connectivity index (χ3v) is 2.34. The molecule has 2 aromatic heterocycles. The fraction of sp³-hybridized carbons (Fsp3) is 0.385. The Hall–Kier alpha value is -1.64. The third kappa shape index (κ3) is 2.48. The number of fused-ring (bicyclic) bond motifs is 1. The Labute approximate surface area is 95.7 Å². The lowest BCUT2D eigenvalue weighted by Crippen LogP contribution is -2.10. The Morgan fingerprint density at radius 2 is 1.75 bits per heavy atom. The maximum atomic E-state index is 5.65. The average molecular weight is 215 g/mol. The highest BCUT2D eigenvalue weighted by Crippen LogP contribution is 2.21. The van der Waals surface area contributed by atoms with Crippen molar-refractivity contribution < 1.29 is 0 Å². The fourth-order valence-corrected chi connectivity index (χ4v) is 1.69. The monoisotopic (exact) mass is 215 g/mol. The van der Waals surface area contributed by atoms with Gasteiger partial charge in [-0.1, -0.05) is 20.8 Å². The van der Waals surface area contributed by atoms with Gasteiger partial charge in [0, 0.05) is 11.1 Å². The Balaban J connectivity index is 2.43.